The molecule has 0 unspecified atom stereocenters. The topological polar surface area (TPSA) is 38.3 Å². The van der Waals surface area contributed by atoms with E-state index in [4.69, 9.17) is 4.74 Å². The predicted molar refractivity (Wildman–Crippen MR) is 46.6 cm³/mol. The minimum absolute atomic E-state index is 0.193. The van der Waals surface area contributed by atoms with Gasteiger partial charge in [0.15, 0.2) is 0 Å². The highest BCUT2D eigenvalue weighted by Gasteiger charge is 2.14. The Kier molecular flexibility index (Phi) is 3.14. The molecule has 0 aliphatic carbocycles. The van der Waals surface area contributed by atoms with Crippen molar-refractivity contribution in [2.75, 3.05) is 13.2 Å². The summed E-state index contributed by atoms with van der Waals surface area (Å²) < 4.78 is 4.88. The van der Waals surface area contributed by atoms with Gasteiger partial charge in [-0.2, -0.15) is 0 Å². The summed E-state index contributed by atoms with van der Waals surface area (Å²) in [6, 6.07) is 0. The average Bonchev–Trinajstić information content (AvgIpc) is 2.55. The highest BCUT2D eigenvalue weighted by atomic mass is 16.5. The van der Waals surface area contributed by atoms with Gasteiger partial charge in [-0.15, -0.1) is 0 Å². The van der Waals surface area contributed by atoms with Crippen LogP contribution in [0.1, 0.15) is 26.7 Å². The lowest BCUT2D eigenvalue weighted by Gasteiger charge is -2.05. The number of nitrogens with one attached hydrogen (secondary N) is 1. The summed E-state index contributed by atoms with van der Waals surface area (Å²) in [5.41, 5.74) is 1.78. The van der Waals surface area contributed by atoms with Crippen molar-refractivity contribution in [2.24, 2.45) is 0 Å². The van der Waals surface area contributed by atoms with E-state index in [1.54, 1.807) is 0 Å². The molecule has 68 valence electrons. The molecule has 0 aromatic carbocycles. The van der Waals surface area contributed by atoms with Gasteiger partial charge in [-0.25, -0.2) is 4.79 Å². The van der Waals surface area contributed by atoms with Crippen molar-refractivity contribution in [1.29, 1.82) is 0 Å². The second kappa shape index (κ2) is 4.14. The van der Waals surface area contributed by atoms with Crippen LogP contribution in [0, 0.1) is 0 Å². The lowest BCUT2D eigenvalue weighted by atomic mass is 10.2. The summed E-state index contributed by atoms with van der Waals surface area (Å²) in [7, 11) is 0. The number of carbonyl (C=O) groups excluding carboxylic acids is 1. The first-order valence-corrected chi connectivity index (χ1v) is 4.36. The Bertz CT molecular complexity index is 201. The molecule has 1 fully saturated rings. The highest BCUT2D eigenvalue weighted by Crippen LogP contribution is 2.14. The zero-order valence-corrected chi connectivity index (χ0v) is 7.64. The van der Waals surface area contributed by atoms with Crippen LogP contribution in [-0.2, 0) is 9.53 Å². The van der Waals surface area contributed by atoms with Gasteiger partial charge in [0.1, 0.15) is 0 Å². The lowest BCUT2D eigenvalue weighted by Crippen LogP contribution is -2.13. The molecule has 3 nitrogen and oxygen atoms in total. The first kappa shape index (κ1) is 9.10. The Morgan fingerprint density at radius 2 is 2.42 bits per heavy atom. The van der Waals surface area contributed by atoms with Crippen LogP contribution in [0.5, 0.6) is 0 Å². The van der Waals surface area contributed by atoms with Crippen LogP contribution in [0.4, 0.5) is 0 Å². The van der Waals surface area contributed by atoms with E-state index >= 15 is 0 Å². The fourth-order valence-corrected chi connectivity index (χ4v) is 1.28. The van der Waals surface area contributed by atoms with E-state index in [2.05, 4.69) is 5.32 Å². The fraction of sp³-hybridized carbons (Fsp3) is 0.667. The number of carbonyl (C=O) groups is 1. The Balaban J connectivity index is 2.60. The van der Waals surface area contributed by atoms with Crippen molar-refractivity contribution in [2.45, 2.75) is 26.7 Å². The Hall–Kier alpha value is -0.990. The van der Waals surface area contributed by atoms with E-state index in [0.717, 1.165) is 30.7 Å². The van der Waals surface area contributed by atoms with Gasteiger partial charge >= 0.3 is 5.97 Å². The monoisotopic (exact) mass is 169 g/mol. The maximum atomic E-state index is 11.2. The molecule has 3 heteroatoms. The molecule has 1 aliphatic rings. The van der Waals surface area contributed by atoms with E-state index in [-0.39, 0.29) is 5.97 Å². The van der Waals surface area contributed by atoms with Gasteiger partial charge in [0.05, 0.1) is 12.2 Å². The standard InChI is InChI=1S/C9H15NO2/c1-3-12-9(11)7(2)8-5-4-6-10-8/h10H,3-6H2,1-2H3/b8-7-. The third-order valence-corrected chi connectivity index (χ3v) is 1.98. The molecule has 1 rings (SSSR count). The highest BCUT2D eigenvalue weighted by molar-refractivity contribution is 5.88. The van der Waals surface area contributed by atoms with Crippen molar-refractivity contribution >= 4 is 5.97 Å². The molecule has 0 aromatic rings. The molecule has 0 saturated carbocycles. The summed E-state index contributed by atoms with van der Waals surface area (Å²) >= 11 is 0. The van der Waals surface area contributed by atoms with Crippen molar-refractivity contribution in [3.63, 3.8) is 0 Å². The van der Waals surface area contributed by atoms with Gasteiger partial charge in [-0.1, -0.05) is 0 Å². The van der Waals surface area contributed by atoms with Crippen LogP contribution >= 0.6 is 0 Å². The molecule has 0 spiro atoms. The average molecular weight is 169 g/mol. The normalized spacial score (nSPS) is 20.2. The van der Waals surface area contributed by atoms with Gasteiger partial charge < -0.3 is 10.1 Å². The minimum Gasteiger partial charge on any atom is -0.463 e. The molecular weight excluding hydrogens is 154 g/mol. The third kappa shape index (κ3) is 2.00. The first-order chi connectivity index (χ1) is 5.75. The summed E-state index contributed by atoms with van der Waals surface area (Å²) in [6.07, 6.45) is 2.09. The number of esters is 1. The van der Waals surface area contributed by atoms with Gasteiger partial charge in [-0.3, -0.25) is 0 Å². The molecule has 0 radical (unpaired) electrons. The first-order valence-electron chi connectivity index (χ1n) is 4.36. The number of hydrogen-bond acceptors (Lipinski definition) is 3. The number of ether oxygens (including phenoxy) is 1. The number of rotatable bonds is 2. The van der Waals surface area contributed by atoms with Crippen molar-refractivity contribution in [3.05, 3.63) is 11.3 Å². The molecule has 12 heavy (non-hydrogen) atoms. The number of hydrogen-bond donors (Lipinski definition) is 1. The van der Waals surface area contributed by atoms with Crippen LogP contribution in [0.2, 0.25) is 0 Å². The van der Waals surface area contributed by atoms with Crippen molar-refractivity contribution in [3.8, 4) is 0 Å². The Labute approximate surface area is 72.8 Å². The smallest absolute Gasteiger partial charge is 0.335 e. The molecular formula is C9H15NO2. The lowest BCUT2D eigenvalue weighted by molar-refractivity contribution is -0.138. The molecule has 0 amide bonds. The zero-order chi connectivity index (χ0) is 8.97. The van der Waals surface area contributed by atoms with Crippen LogP contribution in [-0.4, -0.2) is 19.1 Å². The summed E-state index contributed by atoms with van der Waals surface area (Å²) in [4.78, 5) is 11.2. The van der Waals surface area contributed by atoms with Crippen LogP contribution in [0.15, 0.2) is 11.3 Å². The second-order valence-corrected chi connectivity index (χ2v) is 2.85. The summed E-state index contributed by atoms with van der Waals surface area (Å²) in [5.74, 6) is -0.193. The van der Waals surface area contributed by atoms with Gasteiger partial charge in [0, 0.05) is 12.2 Å². The summed E-state index contributed by atoms with van der Waals surface area (Å²) in [6.45, 7) is 5.05. The fourth-order valence-electron chi connectivity index (χ4n) is 1.28. The molecule has 1 heterocycles. The van der Waals surface area contributed by atoms with Gasteiger partial charge in [0.25, 0.3) is 0 Å². The summed E-state index contributed by atoms with van der Waals surface area (Å²) in [5, 5.41) is 3.17. The van der Waals surface area contributed by atoms with Crippen LogP contribution in [0.25, 0.3) is 0 Å². The van der Waals surface area contributed by atoms with Crippen LogP contribution in [0.3, 0.4) is 0 Å². The minimum atomic E-state index is -0.193. The predicted octanol–water partition coefficient (Wildman–Crippen LogP) is 1.21. The molecule has 1 saturated heterocycles. The molecule has 1 N–H and O–H groups in total. The largest absolute Gasteiger partial charge is 0.463 e. The molecule has 0 atom stereocenters. The molecule has 0 aromatic heterocycles. The zero-order valence-electron chi connectivity index (χ0n) is 7.64. The maximum Gasteiger partial charge on any atom is 0.335 e. The molecule has 1 aliphatic heterocycles. The van der Waals surface area contributed by atoms with E-state index in [0.29, 0.717) is 6.61 Å². The van der Waals surface area contributed by atoms with Gasteiger partial charge in [-0.05, 0) is 26.7 Å². The maximum absolute atomic E-state index is 11.2. The molecule has 0 bridgehead atoms. The van der Waals surface area contributed by atoms with E-state index < -0.39 is 0 Å². The van der Waals surface area contributed by atoms with E-state index in [1.165, 1.54) is 0 Å². The van der Waals surface area contributed by atoms with Crippen molar-refractivity contribution < 1.29 is 9.53 Å². The number of allylic oxidation sites excluding steroid dienone is 1. The van der Waals surface area contributed by atoms with Gasteiger partial charge in [0.2, 0.25) is 0 Å². The van der Waals surface area contributed by atoms with Crippen molar-refractivity contribution in [1.82, 2.24) is 5.32 Å². The third-order valence-electron chi connectivity index (χ3n) is 1.98. The Morgan fingerprint density at radius 1 is 1.67 bits per heavy atom. The SMILES string of the molecule is CCOC(=O)/C(C)=C1/CCCN1. The van der Waals surface area contributed by atoms with E-state index in [1.807, 2.05) is 13.8 Å². The van der Waals surface area contributed by atoms with Crippen LogP contribution < -0.4 is 5.32 Å². The second-order valence-electron chi connectivity index (χ2n) is 2.85. The Morgan fingerprint density at radius 3 is 2.92 bits per heavy atom. The quantitative estimate of drug-likeness (QED) is 0.498. The van der Waals surface area contributed by atoms with E-state index in [9.17, 15) is 4.79 Å².